The third-order valence-electron chi connectivity index (χ3n) is 2.55. The number of carbonyl (C=O) groups is 1. The Labute approximate surface area is 119 Å². The number of ether oxygens (including phenoxy) is 2. The van der Waals surface area contributed by atoms with E-state index in [4.69, 9.17) is 14.6 Å². The molecule has 0 fully saturated rings. The summed E-state index contributed by atoms with van der Waals surface area (Å²) < 4.78 is 11.0. The van der Waals surface area contributed by atoms with Crippen LogP contribution in [0, 0.1) is 0 Å². The highest BCUT2D eigenvalue weighted by molar-refractivity contribution is 5.73. The third-order valence-corrected chi connectivity index (χ3v) is 2.55. The molecule has 5 nitrogen and oxygen atoms in total. The van der Waals surface area contributed by atoms with Gasteiger partial charge in [-0.05, 0) is 30.7 Å². The van der Waals surface area contributed by atoms with Crippen LogP contribution in [0.3, 0.4) is 0 Å². The van der Waals surface area contributed by atoms with Crippen LogP contribution in [0.4, 0.5) is 0 Å². The summed E-state index contributed by atoms with van der Waals surface area (Å²) in [5.74, 6) is 0.501. The van der Waals surface area contributed by atoms with Gasteiger partial charge in [-0.3, -0.25) is 10.1 Å². The van der Waals surface area contributed by atoms with Gasteiger partial charge in [-0.25, -0.2) is 0 Å². The summed E-state index contributed by atoms with van der Waals surface area (Å²) in [6.45, 7) is 6.61. The molecule has 0 bridgehead atoms. The topological polar surface area (TPSA) is 67.8 Å². The minimum atomic E-state index is -0.915. The first kappa shape index (κ1) is 16.3. The van der Waals surface area contributed by atoms with E-state index in [1.165, 1.54) is 0 Å². The normalized spacial score (nSPS) is 12.2. The Morgan fingerprint density at radius 1 is 1.20 bits per heavy atom. The Balaban J connectivity index is 2.49. The summed E-state index contributed by atoms with van der Waals surface area (Å²) in [6.07, 6.45) is 0.958. The molecule has 5 heteroatoms. The second kappa shape index (κ2) is 8.43. The van der Waals surface area contributed by atoms with Crippen molar-refractivity contribution >= 4 is 5.97 Å². The molecule has 1 aromatic rings. The second-order valence-corrected chi connectivity index (χ2v) is 4.84. The summed E-state index contributed by atoms with van der Waals surface area (Å²) in [7, 11) is 0. The van der Waals surface area contributed by atoms with Gasteiger partial charge in [0, 0.05) is 6.04 Å². The first-order valence-corrected chi connectivity index (χ1v) is 6.87. The lowest BCUT2D eigenvalue weighted by atomic mass is 10.2. The zero-order chi connectivity index (χ0) is 15.0. The van der Waals surface area contributed by atoms with Gasteiger partial charge in [-0.2, -0.15) is 0 Å². The lowest BCUT2D eigenvalue weighted by Crippen LogP contribution is -2.44. The molecule has 0 aliphatic rings. The highest BCUT2D eigenvalue weighted by atomic mass is 16.5. The van der Waals surface area contributed by atoms with E-state index in [-0.39, 0.29) is 12.6 Å². The SMILES string of the molecule is CCCOc1ccc(OCC(NC(C)C)C(=O)O)cc1. The van der Waals surface area contributed by atoms with Crippen molar-refractivity contribution in [3.63, 3.8) is 0 Å². The molecule has 20 heavy (non-hydrogen) atoms. The van der Waals surface area contributed by atoms with E-state index >= 15 is 0 Å². The standard InChI is InChI=1S/C15H23NO4/c1-4-9-19-12-5-7-13(8-6-12)20-10-14(15(17)18)16-11(2)3/h5-8,11,14,16H,4,9-10H2,1-3H3,(H,17,18). The maximum absolute atomic E-state index is 11.1. The number of carboxylic acid groups (broad SMARTS) is 1. The van der Waals surface area contributed by atoms with Crippen LogP contribution in [0.25, 0.3) is 0 Å². The first-order chi connectivity index (χ1) is 9.52. The minimum absolute atomic E-state index is 0.0860. The molecule has 0 radical (unpaired) electrons. The van der Waals surface area contributed by atoms with E-state index in [1.807, 2.05) is 32.9 Å². The van der Waals surface area contributed by atoms with Gasteiger partial charge in [-0.15, -0.1) is 0 Å². The van der Waals surface area contributed by atoms with Gasteiger partial charge in [0.15, 0.2) is 0 Å². The fraction of sp³-hybridized carbons (Fsp3) is 0.533. The van der Waals surface area contributed by atoms with Crippen molar-refractivity contribution in [2.24, 2.45) is 0 Å². The lowest BCUT2D eigenvalue weighted by molar-refractivity contribution is -0.140. The monoisotopic (exact) mass is 281 g/mol. The Hall–Kier alpha value is -1.75. The number of benzene rings is 1. The van der Waals surface area contributed by atoms with Gasteiger partial charge >= 0.3 is 5.97 Å². The molecule has 0 aliphatic heterocycles. The average Bonchev–Trinajstić information content (AvgIpc) is 2.41. The van der Waals surface area contributed by atoms with E-state index in [9.17, 15) is 4.79 Å². The van der Waals surface area contributed by atoms with Crippen molar-refractivity contribution in [2.75, 3.05) is 13.2 Å². The number of hydrogen-bond donors (Lipinski definition) is 2. The fourth-order valence-electron chi connectivity index (χ4n) is 1.62. The molecule has 1 aromatic carbocycles. The van der Waals surface area contributed by atoms with Crippen LogP contribution in [-0.4, -0.2) is 36.4 Å². The van der Waals surface area contributed by atoms with Gasteiger partial charge in [-0.1, -0.05) is 20.8 Å². The number of rotatable bonds is 9. The van der Waals surface area contributed by atoms with Crippen LogP contribution in [-0.2, 0) is 4.79 Å². The van der Waals surface area contributed by atoms with Crippen molar-refractivity contribution < 1.29 is 19.4 Å². The van der Waals surface area contributed by atoms with Gasteiger partial charge in [0.2, 0.25) is 0 Å². The highest BCUT2D eigenvalue weighted by Gasteiger charge is 2.18. The molecule has 2 N–H and O–H groups in total. The molecule has 1 unspecified atom stereocenters. The molecule has 0 amide bonds. The zero-order valence-electron chi connectivity index (χ0n) is 12.3. The number of hydrogen-bond acceptors (Lipinski definition) is 4. The highest BCUT2D eigenvalue weighted by Crippen LogP contribution is 2.17. The molecular weight excluding hydrogens is 258 g/mol. The molecule has 0 aliphatic carbocycles. The van der Waals surface area contributed by atoms with Gasteiger partial charge in [0.1, 0.15) is 24.1 Å². The molecule has 1 atom stereocenters. The fourth-order valence-corrected chi connectivity index (χ4v) is 1.62. The van der Waals surface area contributed by atoms with Crippen molar-refractivity contribution in [1.82, 2.24) is 5.32 Å². The van der Waals surface area contributed by atoms with Crippen LogP contribution in [0.2, 0.25) is 0 Å². The number of carboxylic acids is 1. The molecule has 0 heterocycles. The largest absolute Gasteiger partial charge is 0.494 e. The van der Waals surface area contributed by atoms with E-state index in [0.29, 0.717) is 12.4 Å². The molecule has 0 spiro atoms. The molecule has 0 saturated carbocycles. The third kappa shape index (κ3) is 5.93. The maximum atomic E-state index is 11.1. The van der Waals surface area contributed by atoms with Gasteiger partial charge in [0.05, 0.1) is 6.61 Å². The molecule has 1 rings (SSSR count). The first-order valence-electron chi connectivity index (χ1n) is 6.87. The zero-order valence-corrected chi connectivity index (χ0v) is 12.3. The van der Waals surface area contributed by atoms with E-state index in [2.05, 4.69) is 5.32 Å². The Morgan fingerprint density at radius 2 is 1.75 bits per heavy atom. The summed E-state index contributed by atoms with van der Waals surface area (Å²) in [4.78, 5) is 11.1. The summed E-state index contributed by atoms with van der Waals surface area (Å²) in [5.41, 5.74) is 0. The Bertz CT molecular complexity index is 403. The van der Waals surface area contributed by atoms with Crippen molar-refractivity contribution in [3.05, 3.63) is 24.3 Å². The maximum Gasteiger partial charge on any atom is 0.324 e. The predicted molar refractivity (Wildman–Crippen MR) is 77.4 cm³/mol. The molecule has 0 saturated heterocycles. The smallest absolute Gasteiger partial charge is 0.324 e. The van der Waals surface area contributed by atoms with E-state index in [1.54, 1.807) is 12.1 Å². The second-order valence-electron chi connectivity index (χ2n) is 4.84. The van der Waals surface area contributed by atoms with Gasteiger partial charge < -0.3 is 14.6 Å². The summed E-state index contributed by atoms with van der Waals surface area (Å²) in [5, 5.41) is 12.0. The lowest BCUT2D eigenvalue weighted by Gasteiger charge is -2.17. The molecular formula is C15H23NO4. The summed E-state index contributed by atoms with van der Waals surface area (Å²) >= 11 is 0. The minimum Gasteiger partial charge on any atom is -0.494 e. The van der Waals surface area contributed by atoms with Crippen molar-refractivity contribution in [3.8, 4) is 11.5 Å². The van der Waals surface area contributed by atoms with Crippen LogP contribution < -0.4 is 14.8 Å². The number of nitrogens with one attached hydrogen (secondary N) is 1. The Kier molecular flexibility index (Phi) is 6.87. The molecule has 112 valence electrons. The Morgan fingerprint density at radius 3 is 2.20 bits per heavy atom. The van der Waals surface area contributed by atoms with Crippen LogP contribution in [0.5, 0.6) is 11.5 Å². The van der Waals surface area contributed by atoms with Crippen molar-refractivity contribution in [1.29, 1.82) is 0 Å². The van der Waals surface area contributed by atoms with Crippen LogP contribution in [0.15, 0.2) is 24.3 Å². The summed E-state index contributed by atoms with van der Waals surface area (Å²) in [6, 6.07) is 6.56. The van der Waals surface area contributed by atoms with Crippen molar-refractivity contribution in [2.45, 2.75) is 39.3 Å². The van der Waals surface area contributed by atoms with E-state index < -0.39 is 12.0 Å². The van der Waals surface area contributed by atoms with E-state index in [0.717, 1.165) is 12.2 Å². The number of aliphatic carboxylic acids is 1. The van der Waals surface area contributed by atoms with Crippen LogP contribution >= 0.6 is 0 Å². The average molecular weight is 281 g/mol. The molecule has 0 aromatic heterocycles. The van der Waals surface area contributed by atoms with Crippen LogP contribution in [0.1, 0.15) is 27.2 Å². The van der Waals surface area contributed by atoms with Gasteiger partial charge in [0.25, 0.3) is 0 Å². The predicted octanol–water partition coefficient (Wildman–Crippen LogP) is 2.31. The quantitative estimate of drug-likeness (QED) is 0.727.